The molecule has 0 aliphatic heterocycles. The van der Waals surface area contributed by atoms with Gasteiger partial charge in [-0.1, -0.05) is 11.2 Å². The van der Waals surface area contributed by atoms with E-state index in [1.807, 2.05) is 30.5 Å². The van der Waals surface area contributed by atoms with Crippen molar-refractivity contribution in [3.8, 4) is 16.4 Å². The van der Waals surface area contributed by atoms with Gasteiger partial charge in [-0.2, -0.15) is 0 Å². The molecule has 140 valence electrons. The third-order valence-corrected chi connectivity index (χ3v) is 5.30. The molecular weight excluding hydrogens is 384 g/mol. The Kier molecular flexibility index (Phi) is 6.67. The lowest BCUT2D eigenvalue weighted by molar-refractivity contribution is -0.131. The zero-order valence-corrected chi connectivity index (χ0v) is 16.3. The molecule has 0 bridgehead atoms. The Morgan fingerprint density at radius 1 is 1.26 bits per heavy atom. The van der Waals surface area contributed by atoms with Gasteiger partial charge in [0.15, 0.2) is 5.76 Å². The molecule has 1 N–H and O–H groups in total. The fourth-order valence-corrected chi connectivity index (χ4v) is 3.60. The molecule has 0 fully saturated rings. The Morgan fingerprint density at radius 3 is 2.78 bits per heavy atom. The van der Waals surface area contributed by atoms with E-state index in [-0.39, 0.29) is 17.6 Å². The van der Waals surface area contributed by atoms with Crippen molar-refractivity contribution in [3.63, 3.8) is 0 Å². The zero-order chi connectivity index (χ0) is 19.1. The average molecular weight is 402 g/mol. The second-order valence-electron chi connectivity index (χ2n) is 5.51. The Labute approximate surface area is 164 Å². The number of aromatic nitrogens is 1. The van der Waals surface area contributed by atoms with Gasteiger partial charge in [-0.15, -0.1) is 23.1 Å². The number of esters is 1. The summed E-state index contributed by atoms with van der Waals surface area (Å²) in [6.07, 6.45) is 0. The predicted octanol–water partition coefficient (Wildman–Crippen LogP) is 3.99. The monoisotopic (exact) mass is 402 g/mol. The van der Waals surface area contributed by atoms with Crippen LogP contribution in [0.5, 0.6) is 5.75 Å². The lowest BCUT2D eigenvalue weighted by atomic mass is 10.2. The van der Waals surface area contributed by atoms with Crippen LogP contribution in [0.4, 0.5) is 0 Å². The molecule has 2 aromatic heterocycles. The van der Waals surface area contributed by atoms with Crippen LogP contribution in [0.3, 0.4) is 0 Å². The first-order valence-corrected chi connectivity index (χ1v) is 10.4. The predicted molar refractivity (Wildman–Crippen MR) is 106 cm³/mol. The first-order chi connectivity index (χ1) is 13.2. The van der Waals surface area contributed by atoms with Crippen molar-refractivity contribution in [2.24, 2.45) is 0 Å². The molecule has 3 aromatic rings. The summed E-state index contributed by atoms with van der Waals surface area (Å²) < 4.78 is 10.6. The molecule has 3 rings (SSSR count). The zero-order valence-electron chi connectivity index (χ0n) is 14.6. The van der Waals surface area contributed by atoms with E-state index < -0.39 is 0 Å². The van der Waals surface area contributed by atoms with Gasteiger partial charge in [0, 0.05) is 23.9 Å². The van der Waals surface area contributed by atoms with Crippen molar-refractivity contribution < 1.29 is 18.8 Å². The molecule has 1 amide bonds. The number of hydrogen-bond acceptors (Lipinski definition) is 7. The molecule has 1 aromatic carbocycles. The fourth-order valence-electron chi connectivity index (χ4n) is 2.25. The Bertz CT molecular complexity index is 889. The van der Waals surface area contributed by atoms with Crippen molar-refractivity contribution in [2.75, 3.05) is 12.3 Å². The third-order valence-electron chi connectivity index (χ3n) is 3.48. The summed E-state index contributed by atoms with van der Waals surface area (Å²) in [6.45, 7) is 2.42. The minimum atomic E-state index is -0.354. The van der Waals surface area contributed by atoms with E-state index >= 15 is 0 Å². The molecule has 0 radical (unpaired) electrons. The van der Waals surface area contributed by atoms with Gasteiger partial charge in [0.25, 0.3) is 5.91 Å². The average Bonchev–Trinajstić information content (AvgIpc) is 3.34. The Hall–Kier alpha value is -2.58. The van der Waals surface area contributed by atoms with Gasteiger partial charge in [-0.3, -0.25) is 9.59 Å². The van der Waals surface area contributed by atoms with E-state index in [4.69, 9.17) is 9.26 Å². The first-order valence-electron chi connectivity index (χ1n) is 8.32. The largest absolute Gasteiger partial charge is 0.426 e. The SMILES string of the molecule is CCNC(=O)c1ccc(OC(=O)CSCc2cc(-c3cccs3)on2)cc1. The summed E-state index contributed by atoms with van der Waals surface area (Å²) in [5.74, 6) is 1.39. The van der Waals surface area contributed by atoms with Crippen LogP contribution in [0, 0.1) is 0 Å². The summed E-state index contributed by atoms with van der Waals surface area (Å²) in [5.41, 5.74) is 1.31. The van der Waals surface area contributed by atoms with Gasteiger partial charge in [-0.25, -0.2) is 0 Å². The van der Waals surface area contributed by atoms with Gasteiger partial charge in [0.1, 0.15) is 5.75 Å². The smallest absolute Gasteiger partial charge is 0.321 e. The lowest BCUT2D eigenvalue weighted by Gasteiger charge is -2.05. The number of benzene rings is 1. The van der Waals surface area contributed by atoms with Crippen molar-refractivity contribution >= 4 is 35.0 Å². The molecule has 0 spiro atoms. The number of carbonyl (C=O) groups excluding carboxylic acids is 2. The minimum absolute atomic E-state index is 0.152. The van der Waals surface area contributed by atoms with Crippen molar-refractivity contribution in [3.05, 3.63) is 59.1 Å². The minimum Gasteiger partial charge on any atom is -0.426 e. The molecule has 6 nitrogen and oxygen atoms in total. The molecule has 0 aliphatic carbocycles. The highest BCUT2D eigenvalue weighted by Crippen LogP contribution is 2.26. The Balaban J connectivity index is 1.44. The maximum Gasteiger partial charge on any atom is 0.321 e. The van der Waals surface area contributed by atoms with Gasteiger partial charge in [-0.05, 0) is 42.6 Å². The first kappa shape index (κ1) is 19.2. The molecule has 0 aliphatic rings. The van der Waals surface area contributed by atoms with E-state index in [0.717, 1.165) is 16.3 Å². The number of nitrogens with zero attached hydrogens (tertiary/aromatic N) is 1. The highest BCUT2D eigenvalue weighted by atomic mass is 32.2. The number of ether oxygens (including phenoxy) is 1. The summed E-state index contributed by atoms with van der Waals surface area (Å²) in [5, 5.41) is 8.71. The van der Waals surface area contributed by atoms with E-state index in [9.17, 15) is 9.59 Å². The summed E-state index contributed by atoms with van der Waals surface area (Å²) in [6, 6.07) is 12.3. The molecule has 8 heteroatoms. The maximum atomic E-state index is 12.0. The molecule has 2 heterocycles. The summed E-state index contributed by atoms with van der Waals surface area (Å²) in [4.78, 5) is 24.7. The molecule has 0 saturated heterocycles. The van der Waals surface area contributed by atoms with E-state index in [0.29, 0.717) is 23.6 Å². The van der Waals surface area contributed by atoms with Crippen LogP contribution in [0.25, 0.3) is 10.6 Å². The van der Waals surface area contributed by atoms with Crippen LogP contribution in [-0.4, -0.2) is 29.3 Å². The molecule has 27 heavy (non-hydrogen) atoms. The second-order valence-corrected chi connectivity index (χ2v) is 7.44. The quantitative estimate of drug-likeness (QED) is 0.453. The van der Waals surface area contributed by atoms with Crippen LogP contribution in [0.1, 0.15) is 23.0 Å². The van der Waals surface area contributed by atoms with Crippen LogP contribution in [-0.2, 0) is 10.5 Å². The van der Waals surface area contributed by atoms with Crippen LogP contribution in [0.15, 0.2) is 52.4 Å². The van der Waals surface area contributed by atoms with Crippen LogP contribution in [0.2, 0.25) is 0 Å². The number of thiophene rings is 1. The number of rotatable bonds is 8. The summed E-state index contributed by atoms with van der Waals surface area (Å²) >= 11 is 2.99. The van der Waals surface area contributed by atoms with E-state index in [1.54, 1.807) is 35.6 Å². The van der Waals surface area contributed by atoms with Crippen molar-refractivity contribution in [2.45, 2.75) is 12.7 Å². The van der Waals surface area contributed by atoms with Crippen LogP contribution < -0.4 is 10.1 Å². The third kappa shape index (κ3) is 5.45. The topological polar surface area (TPSA) is 81.4 Å². The van der Waals surface area contributed by atoms with E-state index in [1.165, 1.54) is 11.8 Å². The molecular formula is C19H18N2O4S2. The second kappa shape index (κ2) is 9.38. The highest BCUT2D eigenvalue weighted by molar-refractivity contribution is 7.99. The number of nitrogens with one attached hydrogen (secondary N) is 1. The van der Waals surface area contributed by atoms with Crippen molar-refractivity contribution in [1.29, 1.82) is 0 Å². The van der Waals surface area contributed by atoms with Crippen LogP contribution >= 0.6 is 23.1 Å². The molecule has 0 atom stereocenters. The number of carbonyl (C=O) groups is 2. The van der Waals surface area contributed by atoms with Gasteiger partial charge in [0.2, 0.25) is 0 Å². The van der Waals surface area contributed by atoms with E-state index in [2.05, 4.69) is 10.5 Å². The maximum absolute atomic E-state index is 12.0. The van der Waals surface area contributed by atoms with Gasteiger partial charge < -0.3 is 14.6 Å². The normalized spacial score (nSPS) is 10.6. The summed E-state index contributed by atoms with van der Waals surface area (Å²) in [7, 11) is 0. The highest BCUT2D eigenvalue weighted by Gasteiger charge is 2.10. The van der Waals surface area contributed by atoms with Gasteiger partial charge in [0.05, 0.1) is 16.3 Å². The number of hydrogen-bond donors (Lipinski definition) is 1. The molecule has 0 unspecified atom stereocenters. The number of amides is 1. The lowest BCUT2D eigenvalue weighted by Crippen LogP contribution is -2.22. The fraction of sp³-hybridized carbons (Fsp3) is 0.211. The number of thioether (sulfide) groups is 1. The molecule has 0 saturated carbocycles. The van der Waals surface area contributed by atoms with Crippen molar-refractivity contribution in [1.82, 2.24) is 10.5 Å². The standard InChI is InChI=1S/C19H18N2O4S2/c1-2-20-19(23)13-5-7-15(8-6-13)24-18(22)12-26-11-14-10-16(25-21-14)17-4-3-9-27-17/h3-10H,2,11-12H2,1H3,(H,20,23). The Morgan fingerprint density at radius 2 is 2.07 bits per heavy atom. The van der Waals surface area contributed by atoms with Gasteiger partial charge >= 0.3 is 5.97 Å².